The van der Waals surface area contributed by atoms with E-state index in [9.17, 15) is 18.0 Å². The summed E-state index contributed by atoms with van der Waals surface area (Å²) < 4.78 is 31.7. The van der Waals surface area contributed by atoms with Gasteiger partial charge in [0.15, 0.2) is 0 Å². The molecule has 0 heterocycles. The van der Waals surface area contributed by atoms with E-state index in [0.717, 1.165) is 22.3 Å². The number of alkyl halides is 3. The topological polar surface area (TPSA) is 80.4 Å². The molecule has 0 atom stereocenters. The second-order valence-corrected chi connectivity index (χ2v) is 5.23. The monoisotopic (exact) mass is 349 g/mol. The molecule has 25 heavy (non-hydrogen) atoms. The summed E-state index contributed by atoms with van der Waals surface area (Å²) in [5.74, 6) is -3.43. The van der Waals surface area contributed by atoms with Crippen molar-refractivity contribution in [2.24, 2.45) is 5.73 Å². The minimum Gasteiger partial charge on any atom is -0.475 e. The molecule has 1 aliphatic carbocycles. The maximum Gasteiger partial charge on any atom is 0.490 e. The Hall–Kier alpha value is -3.09. The molecule has 0 saturated heterocycles. The van der Waals surface area contributed by atoms with Crippen LogP contribution in [-0.2, 0) is 9.59 Å². The number of carboxylic acids is 1. The lowest BCUT2D eigenvalue weighted by molar-refractivity contribution is -0.192. The second-order valence-electron chi connectivity index (χ2n) is 5.23. The molecule has 2 aromatic rings. The van der Waals surface area contributed by atoms with Gasteiger partial charge in [-0.15, -0.1) is 0 Å². The van der Waals surface area contributed by atoms with E-state index in [-0.39, 0.29) is 11.8 Å². The Bertz CT molecular complexity index is 779. The van der Waals surface area contributed by atoms with Crippen LogP contribution in [0.3, 0.4) is 0 Å². The van der Waals surface area contributed by atoms with E-state index in [1.54, 1.807) is 0 Å². The maximum atomic E-state index is 11.8. The fourth-order valence-corrected chi connectivity index (χ4v) is 2.50. The molecular formula is C18H14F3NO3. The van der Waals surface area contributed by atoms with Gasteiger partial charge in [0.25, 0.3) is 0 Å². The van der Waals surface area contributed by atoms with Crippen molar-refractivity contribution >= 4 is 24.0 Å². The number of carboxylic acid groups (broad SMARTS) is 1. The normalized spacial score (nSPS) is 12.9. The average Bonchev–Trinajstić information content (AvgIpc) is 2.71. The SMILES string of the molecule is NC(=O)C1c2ccccc2C=Cc2ccccc21.O=C(O)C(F)(F)F. The van der Waals surface area contributed by atoms with Crippen LogP contribution in [-0.4, -0.2) is 23.2 Å². The Morgan fingerprint density at radius 3 is 1.56 bits per heavy atom. The highest BCUT2D eigenvalue weighted by atomic mass is 19.4. The number of halogens is 3. The molecule has 0 radical (unpaired) electrons. The third kappa shape index (κ3) is 4.26. The Labute approximate surface area is 141 Å². The highest BCUT2D eigenvalue weighted by molar-refractivity contribution is 5.91. The number of fused-ring (bicyclic) bond motifs is 2. The van der Waals surface area contributed by atoms with Crippen LogP contribution in [0.5, 0.6) is 0 Å². The minimum absolute atomic E-state index is 0.307. The van der Waals surface area contributed by atoms with Crippen molar-refractivity contribution in [2.45, 2.75) is 12.1 Å². The van der Waals surface area contributed by atoms with Crippen molar-refractivity contribution < 1.29 is 27.9 Å². The minimum atomic E-state index is -5.08. The molecule has 7 heteroatoms. The van der Waals surface area contributed by atoms with Crippen molar-refractivity contribution in [3.8, 4) is 0 Å². The molecule has 0 unspecified atom stereocenters. The largest absolute Gasteiger partial charge is 0.490 e. The van der Waals surface area contributed by atoms with E-state index in [2.05, 4.69) is 0 Å². The standard InChI is InChI=1S/C16H13NO.C2HF3O2/c17-16(18)15-13-7-3-1-5-11(13)9-10-12-6-2-4-8-14(12)15;3-2(4,5)1(6)7/h1-10,15H,(H2,17,18);(H,6,7). The molecule has 0 fully saturated rings. The van der Waals surface area contributed by atoms with Gasteiger partial charge in [-0.05, 0) is 22.3 Å². The zero-order valence-corrected chi connectivity index (χ0v) is 12.8. The molecule has 0 bridgehead atoms. The van der Waals surface area contributed by atoms with E-state index < -0.39 is 12.1 Å². The van der Waals surface area contributed by atoms with E-state index >= 15 is 0 Å². The lowest BCUT2D eigenvalue weighted by atomic mass is 9.87. The molecule has 4 nitrogen and oxygen atoms in total. The van der Waals surface area contributed by atoms with Gasteiger partial charge in [0, 0.05) is 0 Å². The first-order valence-electron chi connectivity index (χ1n) is 7.17. The van der Waals surface area contributed by atoms with Gasteiger partial charge in [0.1, 0.15) is 0 Å². The summed E-state index contributed by atoms with van der Waals surface area (Å²) in [6.45, 7) is 0. The Kier molecular flexibility index (Phi) is 5.26. The van der Waals surface area contributed by atoms with Crippen molar-refractivity contribution in [1.29, 1.82) is 0 Å². The number of carbonyl (C=O) groups is 2. The van der Waals surface area contributed by atoms with Crippen LogP contribution in [0.25, 0.3) is 12.2 Å². The summed E-state index contributed by atoms with van der Waals surface area (Å²) >= 11 is 0. The molecule has 130 valence electrons. The fraction of sp³-hybridized carbons (Fsp3) is 0.111. The van der Waals surface area contributed by atoms with Crippen LogP contribution in [0.1, 0.15) is 28.2 Å². The number of rotatable bonds is 1. The quantitative estimate of drug-likeness (QED) is 0.828. The smallest absolute Gasteiger partial charge is 0.475 e. The summed E-state index contributed by atoms with van der Waals surface area (Å²) in [6, 6.07) is 15.8. The molecule has 3 N–H and O–H groups in total. The van der Waals surface area contributed by atoms with Gasteiger partial charge in [0.05, 0.1) is 5.92 Å². The van der Waals surface area contributed by atoms with Crippen molar-refractivity contribution in [1.82, 2.24) is 0 Å². The van der Waals surface area contributed by atoms with Crippen LogP contribution in [0, 0.1) is 0 Å². The van der Waals surface area contributed by atoms with E-state index in [4.69, 9.17) is 15.6 Å². The first-order chi connectivity index (χ1) is 11.7. The number of aliphatic carboxylic acids is 1. The van der Waals surface area contributed by atoms with Crippen molar-refractivity contribution in [3.63, 3.8) is 0 Å². The van der Waals surface area contributed by atoms with Crippen LogP contribution < -0.4 is 5.73 Å². The number of carbonyl (C=O) groups excluding carboxylic acids is 1. The summed E-state index contributed by atoms with van der Waals surface area (Å²) in [6.07, 6.45) is -1.01. The van der Waals surface area contributed by atoms with Gasteiger partial charge in [0.2, 0.25) is 5.91 Å². The molecule has 3 rings (SSSR count). The fourth-order valence-electron chi connectivity index (χ4n) is 2.50. The van der Waals surface area contributed by atoms with Crippen molar-refractivity contribution in [2.75, 3.05) is 0 Å². The third-order valence-corrected chi connectivity index (χ3v) is 3.58. The first kappa shape index (κ1) is 18.3. The number of nitrogens with two attached hydrogens (primary N) is 1. The summed E-state index contributed by atoms with van der Waals surface area (Å²) in [5, 5.41) is 7.12. The van der Waals surface area contributed by atoms with Crippen LogP contribution in [0.2, 0.25) is 0 Å². The molecule has 1 aliphatic rings. The van der Waals surface area contributed by atoms with Gasteiger partial charge < -0.3 is 10.8 Å². The van der Waals surface area contributed by atoms with Gasteiger partial charge in [-0.3, -0.25) is 4.79 Å². The summed E-state index contributed by atoms with van der Waals surface area (Å²) in [4.78, 5) is 20.7. The Morgan fingerprint density at radius 2 is 1.24 bits per heavy atom. The van der Waals surface area contributed by atoms with Gasteiger partial charge in [-0.25, -0.2) is 4.79 Å². The molecule has 1 amide bonds. The molecule has 0 spiro atoms. The predicted octanol–water partition coefficient (Wildman–Crippen LogP) is 3.42. The Morgan fingerprint density at radius 1 is 0.880 bits per heavy atom. The highest BCUT2D eigenvalue weighted by Gasteiger charge is 2.38. The molecule has 2 aromatic carbocycles. The zero-order chi connectivity index (χ0) is 18.6. The predicted molar refractivity (Wildman–Crippen MR) is 86.5 cm³/mol. The summed E-state index contributed by atoms with van der Waals surface area (Å²) in [7, 11) is 0. The summed E-state index contributed by atoms with van der Waals surface area (Å²) in [5.41, 5.74) is 9.66. The molecular weight excluding hydrogens is 335 g/mol. The number of amides is 1. The zero-order valence-electron chi connectivity index (χ0n) is 12.8. The van der Waals surface area contributed by atoms with Gasteiger partial charge in [-0.1, -0.05) is 60.7 Å². The number of benzene rings is 2. The average molecular weight is 349 g/mol. The number of primary amides is 1. The van der Waals surface area contributed by atoms with Crippen LogP contribution in [0.4, 0.5) is 13.2 Å². The van der Waals surface area contributed by atoms with Gasteiger partial charge >= 0.3 is 12.1 Å². The lowest BCUT2D eigenvalue weighted by Crippen LogP contribution is -2.23. The van der Waals surface area contributed by atoms with E-state index in [0.29, 0.717) is 0 Å². The van der Waals surface area contributed by atoms with E-state index in [1.807, 2.05) is 60.7 Å². The Balaban J connectivity index is 0.000000277. The van der Waals surface area contributed by atoms with Gasteiger partial charge in [-0.2, -0.15) is 13.2 Å². The second kappa shape index (κ2) is 7.21. The first-order valence-corrected chi connectivity index (χ1v) is 7.17. The lowest BCUT2D eigenvalue weighted by Gasteiger charge is -2.16. The number of hydrogen-bond donors (Lipinski definition) is 2. The van der Waals surface area contributed by atoms with E-state index in [1.165, 1.54) is 0 Å². The molecule has 0 saturated carbocycles. The third-order valence-electron chi connectivity index (χ3n) is 3.58. The number of hydrogen-bond acceptors (Lipinski definition) is 2. The van der Waals surface area contributed by atoms with Crippen LogP contribution in [0.15, 0.2) is 48.5 Å². The molecule has 0 aromatic heterocycles. The van der Waals surface area contributed by atoms with Crippen molar-refractivity contribution in [3.05, 3.63) is 70.8 Å². The highest BCUT2D eigenvalue weighted by Crippen LogP contribution is 2.34. The molecule has 0 aliphatic heterocycles. The maximum absolute atomic E-state index is 11.8. The van der Waals surface area contributed by atoms with Crippen LogP contribution >= 0.6 is 0 Å².